The number of hydrogen-bond donors (Lipinski definition) is 0. The highest BCUT2D eigenvalue weighted by atomic mass is 16.2. The molecule has 0 radical (unpaired) electrons. The maximum absolute atomic E-state index is 13.1. The molecule has 3 aromatic rings. The molecule has 29 heavy (non-hydrogen) atoms. The summed E-state index contributed by atoms with van der Waals surface area (Å²) in [6, 6.07) is 14.1. The van der Waals surface area contributed by atoms with Crippen molar-refractivity contribution in [3.05, 3.63) is 59.7 Å². The first kappa shape index (κ1) is 18.3. The van der Waals surface area contributed by atoms with E-state index in [0.29, 0.717) is 0 Å². The van der Waals surface area contributed by atoms with Gasteiger partial charge in [-0.1, -0.05) is 42.8 Å². The van der Waals surface area contributed by atoms with Gasteiger partial charge in [0.05, 0.1) is 6.54 Å². The largest absolute Gasteiger partial charge is 0.336 e. The molecule has 5 rings (SSSR count). The Balaban J connectivity index is 1.25. The molecule has 0 aliphatic carbocycles. The average Bonchev–Trinajstić information content (AvgIpc) is 2.99. The van der Waals surface area contributed by atoms with Crippen molar-refractivity contribution < 1.29 is 4.79 Å². The van der Waals surface area contributed by atoms with Gasteiger partial charge in [-0.05, 0) is 29.7 Å². The van der Waals surface area contributed by atoms with Crippen LogP contribution in [0.15, 0.2) is 42.5 Å². The highest BCUT2D eigenvalue weighted by Crippen LogP contribution is 2.21. The standard InChI is InChI=1S/C23H27N5O/c29-23(20-10-6-8-18-7-3-4-9-19(18)20)27-15-13-26(14-16-27)17-22-25-24-21-11-2-1-5-12-28(21)22/h3-4,6-10H,1-2,5,11-17H2. The number of hydrogen-bond acceptors (Lipinski definition) is 4. The van der Waals surface area contributed by atoms with Crippen molar-refractivity contribution in [2.24, 2.45) is 0 Å². The van der Waals surface area contributed by atoms with E-state index in [0.717, 1.165) is 73.7 Å². The van der Waals surface area contributed by atoms with E-state index in [1.807, 2.05) is 35.2 Å². The monoisotopic (exact) mass is 389 g/mol. The normalized spacial score (nSPS) is 17.9. The van der Waals surface area contributed by atoms with E-state index in [1.54, 1.807) is 0 Å². The lowest BCUT2D eigenvalue weighted by Crippen LogP contribution is -2.48. The lowest BCUT2D eigenvalue weighted by molar-refractivity contribution is 0.0625. The zero-order chi connectivity index (χ0) is 19.6. The van der Waals surface area contributed by atoms with Crippen LogP contribution in [0.25, 0.3) is 10.8 Å². The number of carbonyl (C=O) groups is 1. The molecule has 2 aliphatic rings. The molecule has 0 spiro atoms. The summed E-state index contributed by atoms with van der Waals surface area (Å²) in [5, 5.41) is 11.0. The summed E-state index contributed by atoms with van der Waals surface area (Å²) in [7, 11) is 0. The van der Waals surface area contributed by atoms with Gasteiger partial charge < -0.3 is 9.47 Å². The van der Waals surface area contributed by atoms with E-state index < -0.39 is 0 Å². The molecule has 150 valence electrons. The van der Waals surface area contributed by atoms with E-state index in [4.69, 9.17) is 0 Å². The molecule has 1 amide bonds. The van der Waals surface area contributed by atoms with Gasteiger partial charge in [0, 0.05) is 44.7 Å². The molecule has 1 fully saturated rings. The summed E-state index contributed by atoms with van der Waals surface area (Å²) in [6.45, 7) is 5.12. The Kier molecular flexibility index (Phi) is 5.02. The van der Waals surface area contributed by atoms with Crippen LogP contribution >= 0.6 is 0 Å². The van der Waals surface area contributed by atoms with Crippen molar-refractivity contribution >= 4 is 16.7 Å². The van der Waals surface area contributed by atoms with Gasteiger partial charge in [-0.2, -0.15) is 0 Å². The van der Waals surface area contributed by atoms with E-state index in [1.165, 1.54) is 19.3 Å². The SMILES string of the molecule is O=C(c1cccc2ccccc12)N1CCN(Cc2nnc3n2CCCCC3)CC1. The molecular weight excluding hydrogens is 362 g/mol. The first-order chi connectivity index (χ1) is 14.3. The van der Waals surface area contributed by atoms with Crippen molar-refractivity contribution in [1.82, 2.24) is 24.6 Å². The predicted molar refractivity (Wildman–Crippen MR) is 113 cm³/mol. The molecule has 1 aromatic heterocycles. The molecule has 0 bridgehead atoms. The van der Waals surface area contributed by atoms with Gasteiger partial charge in [0.1, 0.15) is 11.6 Å². The summed E-state index contributed by atoms with van der Waals surface area (Å²) in [5.41, 5.74) is 0.805. The number of carbonyl (C=O) groups excluding carboxylic acids is 1. The minimum Gasteiger partial charge on any atom is -0.336 e. The van der Waals surface area contributed by atoms with Crippen LogP contribution in [0.4, 0.5) is 0 Å². The lowest BCUT2D eigenvalue weighted by atomic mass is 10.0. The number of aromatic nitrogens is 3. The molecule has 0 N–H and O–H groups in total. The highest BCUT2D eigenvalue weighted by Gasteiger charge is 2.25. The van der Waals surface area contributed by atoms with Gasteiger partial charge in [0.2, 0.25) is 0 Å². The van der Waals surface area contributed by atoms with Crippen LogP contribution in [0.5, 0.6) is 0 Å². The van der Waals surface area contributed by atoms with Crippen LogP contribution in [0.1, 0.15) is 41.3 Å². The molecule has 1 saturated heterocycles. The number of piperazine rings is 1. The molecule has 3 heterocycles. The summed E-state index contributed by atoms with van der Waals surface area (Å²) in [4.78, 5) is 17.5. The third-order valence-corrected chi connectivity index (χ3v) is 6.23. The van der Waals surface area contributed by atoms with Gasteiger partial charge in [-0.3, -0.25) is 9.69 Å². The van der Waals surface area contributed by atoms with E-state index >= 15 is 0 Å². The summed E-state index contributed by atoms with van der Waals surface area (Å²) in [5.74, 6) is 2.36. The van der Waals surface area contributed by atoms with Crippen LogP contribution < -0.4 is 0 Å². The minimum atomic E-state index is 0.137. The summed E-state index contributed by atoms with van der Waals surface area (Å²) in [6.07, 6.45) is 4.75. The minimum absolute atomic E-state index is 0.137. The Morgan fingerprint density at radius 3 is 2.59 bits per heavy atom. The number of nitrogens with zero attached hydrogens (tertiary/aromatic N) is 5. The van der Waals surface area contributed by atoms with Crippen molar-refractivity contribution in [3.8, 4) is 0 Å². The Hall–Kier alpha value is -2.73. The second-order valence-corrected chi connectivity index (χ2v) is 8.09. The highest BCUT2D eigenvalue weighted by molar-refractivity contribution is 6.07. The van der Waals surface area contributed by atoms with Crippen LogP contribution in [-0.4, -0.2) is 56.7 Å². The first-order valence-corrected chi connectivity index (χ1v) is 10.7. The van der Waals surface area contributed by atoms with Gasteiger partial charge in [0.25, 0.3) is 5.91 Å². The van der Waals surface area contributed by atoms with Gasteiger partial charge in [-0.25, -0.2) is 0 Å². The van der Waals surface area contributed by atoms with Crippen molar-refractivity contribution in [2.75, 3.05) is 26.2 Å². The molecule has 0 atom stereocenters. The third kappa shape index (κ3) is 3.65. The number of benzene rings is 2. The Morgan fingerprint density at radius 2 is 1.69 bits per heavy atom. The van der Waals surface area contributed by atoms with E-state index in [-0.39, 0.29) is 5.91 Å². The van der Waals surface area contributed by atoms with Gasteiger partial charge in [-0.15, -0.1) is 10.2 Å². The molecular formula is C23H27N5O. The second kappa shape index (κ2) is 7.95. The summed E-state index contributed by atoms with van der Waals surface area (Å²) < 4.78 is 2.32. The van der Waals surface area contributed by atoms with Crippen LogP contribution in [0.3, 0.4) is 0 Å². The molecule has 2 aromatic carbocycles. The van der Waals surface area contributed by atoms with Crippen LogP contribution in [-0.2, 0) is 19.5 Å². The molecule has 2 aliphatic heterocycles. The molecule has 0 saturated carbocycles. The fourth-order valence-corrected chi connectivity index (χ4v) is 4.55. The number of aryl methyl sites for hydroxylation is 1. The zero-order valence-electron chi connectivity index (χ0n) is 16.8. The van der Waals surface area contributed by atoms with E-state index in [2.05, 4.69) is 31.8 Å². The van der Waals surface area contributed by atoms with Crippen LogP contribution in [0, 0.1) is 0 Å². The Morgan fingerprint density at radius 1 is 0.862 bits per heavy atom. The molecule has 6 heteroatoms. The molecule has 0 unspecified atom stereocenters. The fourth-order valence-electron chi connectivity index (χ4n) is 4.55. The maximum atomic E-state index is 13.1. The maximum Gasteiger partial charge on any atom is 0.254 e. The predicted octanol–water partition coefficient (Wildman–Crippen LogP) is 3.12. The van der Waals surface area contributed by atoms with Crippen molar-refractivity contribution in [2.45, 2.75) is 38.8 Å². The summed E-state index contributed by atoms with van der Waals surface area (Å²) >= 11 is 0. The second-order valence-electron chi connectivity index (χ2n) is 8.09. The molecule has 6 nitrogen and oxygen atoms in total. The van der Waals surface area contributed by atoms with Crippen molar-refractivity contribution in [3.63, 3.8) is 0 Å². The van der Waals surface area contributed by atoms with Crippen LogP contribution in [0.2, 0.25) is 0 Å². The quantitative estimate of drug-likeness (QED) is 0.691. The number of rotatable bonds is 3. The van der Waals surface area contributed by atoms with Crippen molar-refractivity contribution in [1.29, 1.82) is 0 Å². The zero-order valence-corrected chi connectivity index (χ0v) is 16.8. The van der Waals surface area contributed by atoms with Gasteiger partial charge in [0.15, 0.2) is 0 Å². The fraction of sp³-hybridized carbons (Fsp3) is 0.435. The average molecular weight is 390 g/mol. The number of amides is 1. The van der Waals surface area contributed by atoms with E-state index in [9.17, 15) is 4.79 Å². The first-order valence-electron chi connectivity index (χ1n) is 10.7. The Labute approximate surface area is 171 Å². The van der Waals surface area contributed by atoms with Gasteiger partial charge >= 0.3 is 0 Å². The topological polar surface area (TPSA) is 54.3 Å². The number of fused-ring (bicyclic) bond motifs is 2. The smallest absolute Gasteiger partial charge is 0.254 e. The Bertz CT molecular complexity index is 1010. The third-order valence-electron chi connectivity index (χ3n) is 6.23. The lowest BCUT2D eigenvalue weighted by Gasteiger charge is -2.34.